The van der Waals surface area contributed by atoms with Crippen LogP contribution in [-0.4, -0.2) is 11.8 Å². The van der Waals surface area contributed by atoms with Crippen molar-refractivity contribution in [2.45, 2.75) is 24.3 Å². The molecular weight excluding hydrogens is 185 g/mol. The number of halogens is 1. The van der Waals surface area contributed by atoms with Crippen molar-refractivity contribution < 1.29 is 4.39 Å². The van der Waals surface area contributed by atoms with Crippen molar-refractivity contribution >= 4 is 11.8 Å². The van der Waals surface area contributed by atoms with Crippen LogP contribution in [0.2, 0.25) is 0 Å². The number of thioether (sulfide) groups is 1. The number of nitrogens with two attached hydrogens (primary N) is 1. The molecule has 0 aromatic heterocycles. The Bertz CT molecular complexity index is 248. The quantitative estimate of drug-likeness (QED) is 0.754. The molecule has 1 nitrogen and oxygen atoms in total. The Morgan fingerprint density at radius 1 is 1.38 bits per heavy atom. The van der Waals surface area contributed by atoms with Gasteiger partial charge in [-0.1, -0.05) is 6.92 Å². The maximum absolute atomic E-state index is 12.5. The van der Waals surface area contributed by atoms with Crippen molar-refractivity contribution in [2.24, 2.45) is 5.73 Å². The van der Waals surface area contributed by atoms with Crippen LogP contribution >= 0.6 is 11.8 Å². The molecular formula is C10H14FNS. The first-order chi connectivity index (χ1) is 6.22. The third-order valence-corrected chi connectivity index (χ3v) is 3.00. The van der Waals surface area contributed by atoms with Crippen LogP contribution in [0.3, 0.4) is 0 Å². The zero-order valence-corrected chi connectivity index (χ0v) is 8.48. The van der Waals surface area contributed by atoms with E-state index in [0.29, 0.717) is 0 Å². The van der Waals surface area contributed by atoms with Gasteiger partial charge >= 0.3 is 0 Å². The molecule has 0 unspecified atom stereocenters. The molecule has 72 valence electrons. The number of hydrogen-bond donors (Lipinski definition) is 1. The highest BCUT2D eigenvalue weighted by atomic mass is 32.2. The van der Waals surface area contributed by atoms with E-state index < -0.39 is 0 Å². The van der Waals surface area contributed by atoms with Gasteiger partial charge in [-0.05, 0) is 30.7 Å². The van der Waals surface area contributed by atoms with Crippen molar-refractivity contribution in [3.8, 4) is 0 Å². The summed E-state index contributed by atoms with van der Waals surface area (Å²) in [5.74, 6) is 0.700. The largest absolute Gasteiger partial charge is 0.327 e. The Hall–Kier alpha value is -0.540. The normalized spacial score (nSPS) is 12.8. The molecule has 0 saturated carbocycles. The molecule has 1 aromatic rings. The van der Waals surface area contributed by atoms with Crippen molar-refractivity contribution in [3.05, 3.63) is 30.1 Å². The van der Waals surface area contributed by atoms with Gasteiger partial charge in [0.25, 0.3) is 0 Å². The first-order valence-corrected chi connectivity index (χ1v) is 5.35. The van der Waals surface area contributed by atoms with E-state index in [1.807, 2.05) is 0 Å². The van der Waals surface area contributed by atoms with Crippen LogP contribution in [0.5, 0.6) is 0 Å². The van der Waals surface area contributed by atoms with Gasteiger partial charge in [0.1, 0.15) is 5.82 Å². The number of benzene rings is 1. The smallest absolute Gasteiger partial charge is 0.123 e. The van der Waals surface area contributed by atoms with E-state index >= 15 is 0 Å². The maximum Gasteiger partial charge on any atom is 0.123 e. The molecule has 2 N–H and O–H groups in total. The zero-order valence-electron chi connectivity index (χ0n) is 7.66. The fraction of sp³-hybridized carbons (Fsp3) is 0.400. The van der Waals surface area contributed by atoms with Gasteiger partial charge in [-0.3, -0.25) is 0 Å². The summed E-state index contributed by atoms with van der Waals surface area (Å²) in [5.41, 5.74) is 5.76. The highest BCUT2D eigenvalue weighted by molar-refractivity contribution is 7.99. The predicted molar refractivity (Wildman–Crippen MR) is 55.4 cm³/mol. The van der Waals surface area contributed by atoms with E-state index in [-0.39, 0.29) is 11.9 Å². The SMILES string of the molecule is CC[C@@H](N)CSc1ccc(F)cc1. The van der Waals surface area contributed by atoms with Crippen LogP contribution < -0.4 is 5.73 Å². The lowest BCUT2D eigenvalue weighted by Crippen LogP contribution is -2.21. The Morgan fingerprint density at radius 2 is 2.00 bits per heavy atom. The highest BCUT2D eigenvalue weighted by Gasteiger charge is 2.00. The van der Waals surface area contributed by atoms with E-state index in [1.54, 1.807) is 23.9 Å². The molecule has 1 atom stereocenters. The summed E-state index contributed by atoms with van der Waals surface area (Å²) < 4.78 is 12.5. The van der Waals surface area contributed by atoms with Gasteiger partial charge in [-0.15, -0.1) is 11.8 Å². The van der Waals surface area contributed by atoms with E-state index in [0.717, 1.165) is 17.1 Å². The number of hydrogen-bond acceptors (Lipinski definition) is 2. The van der Waals surface area contributed by atoms with E-state index in [1.165, 1.54) is 12.1 Å². The van der Waals surface area contributed by atoms with E-state index in [9.17, 15) is 4.39 Å². The van der Waals surface area contributed by atoms with Crippen molar-refractivity contribution in [1.82, 2.24) is 0 Å². The van der Waals surface area contributed by atoms with E-state index in [2.05, 4.69) is 6.92 Å². The second-order valence-electron chi connectivity index (χ2n) is 2.93. The van der Waals surface area contributed by atoms with Gasteiger partial charge in [0.15, 0.2) is 0 Å². The van der Waals surface area contributed by atoms with Crippen LogP contribution in [0.4, 0.5) is 4.39 Å². The minimum absolute atomic E-state index is 0.191. The van der Waals surface area contributed by atoms with E-state index in [4.69, 9.17) is 5.73 Å². The summed E-state index contributed by atoms with van der Waals surface area (Å²) >= 11 is 1.67. The van der Waals surface area contributed by atoms with Crippen molar-refractivity contribution in [2.75, 3.05) is 5.75 Å². The summed E-state index contributed by atoms with van der Waals surface area (Å²) in [4.78, 5) is 1.07. The molecule has 0 aliphatic heterocycles. The van der Waals surface area contributed by atoms with Crippen LogP contribution in [0.15, 0.2) is 29.2 Å². The standard InChI is InChI=1S/C10H14FNS/c1-2-9(12)7-13-10-5-3-8(11)4-6-10/h3-6,9H,2,7,12H2,1H3/t9-/m1/s1. The molecule has 0 fully saturated rings. The second-order valence-corrected chi connectivity index (χ2v) is 4.03. The average molecular weight is 199 g/mol. The Labute approximate surface area is 82.5 Å². The molecule has 0 spiro atoms. The monoisotopic (exact) mass is 199 g/mol. The van der Waals surface area contributed by atoms with Crippen molar-refractivity contribution in [3.63, 3.8) is 0 Å². The first kappa shape index (κ1) is 10.5. The van der Waals surface area contributed by atoms with Crippen LogP contribution in [0.1, 0.15) is 13.3 Å². The average Bonchev–Trinajstić information content (AvgIpc) is 2.16. The van der Waals surface area contributed by atoms with Gasteiger partial charge in [0, 0.05) is 16.7 Å². The molecule has 0 saturated heterocycles. The third-order valence-electron chi connectivity index (χ3n) is 1.80. The minimum Gasteiger partial charge on any atom is -0.327 e. The predicted octanol–water partition coefficient (Wildman–Crippen LogP) is 2.66. The summed E-state index contributed by atoms with van der Waals surface area (Å²) in [6, 6.07) is 6.74. The molecule has 0 aliphatic rings. The van der Waals surface area contributed by atoms with Gasteiger partial charge < -0.3 is 5.73 Å². The molecule has 0 amide bonds. The molecule has 0 heterocycles. The van der Waals surface area contributed by atoms with Crippen LogP contribution in [-0.2, 0) is 0 Å². The van der Waals surface area contributed by atoms with Gasteiger partial charge in [-0.25, -0.2) is 4.39 Å². The Morgan fingerprint density at radius 3 is 2.54 bits per heavy atom. The lowest BCUT2D eigenvalue weighted by atomic mass is 10.3. The van der Waals surface area contributed by atoms with Crippen LogP contribution in [0, 0.1) is 5.82 Å². The molecule has 0 aliphatic carbocycles. The van der Waals surface area contributed by atoms with Gasteiger partial charge in [0.2, 0.25) is 0 Å². The third kappa shape index (κ3) is 3.79. The Balaban J connectivity index is 2.41. The first-order valence-electron chi connectivity index (χ1n) is 4.36. The van der Waals surface area contributed by atoms with Gasteiger partial charge in [-0.2, -0.15) is 0 Å². The zero-order chi connectivity index (χ0) is 9.68. The van der Waals surface area contributed by atoms with Gasteiger partial charge in [0.05, 0.1) is 0 Å². The summed E-state index contributed by atoms with van der Waals surface area (Å²) in [7, 11) is 0. The molecule has 0 bridgehead atoms. The van der Waals surface area contributed by atoms with Crippen LogP contribution in [0.25, 0.3) is 0 Å². The fourth-order valence-electron chi connectivity index (χ4n) is 0.852. The maximum atomic E-state index is 12.5. The highest BCUT2D eigenvalue weighted by Crippen LogP contribution is 2.18. The summed E-state index contributed by atoms with van der Waals surface area (Å²) in [6.45, 7) is 2.07. The second kappa shape index (κ2) is 5.25. The summed E-state index contributed by atoms with van der Waals surface area (Å²) in [5, 5.41) is 0. The molecule has 3 heteroatoms. The lowest BCUT2D eigenvalue weighted by molar-refractivity contribution is 0.626. The number of rotatable bonds is 4. The molecule has 13 heavy (non-hydrogen) atoms. The molecule has 1 aromatic carbocycles. The Kier molecular flexibility index (Phi) is 4.25. The lowest BCUT2D eigenvalue weighted by Gasteiger charge is -2.07. The van der Waals surface area contributed by atoms with Crippen molar-refractivity contribution in [1.29, 1.82) is 0 Å². The molecule has 1 rings (SSSR count). The fourth-order valence-corrected chi connectivity index (χ4v) is 1.82. The molecule has 0 radical (unpaired) electrons. The summed E-state index contributed by atoms with van der Waals surface area (Å²) in [6.07, 6.45) is 0.980. The topological polar surface area (TPSA) is 26.0 Å². The minimum atomic E-state index is -0.191.